The Balaban J connectivity index is 3.45. The van der Waals surface area contributed by atoms with Crippen LogP contribution in [0.2, 0.25) is 0 Å². The summed E-state index contributed by atoms with van der Waals surface area (Å²) in [6.45, 7) is 4.91. The van der Waals surface area contributed by atoms with E-state index in [-0.39, 0.29) is 18.5 Å². The van der Waals surface area contributed by atoms with Crippen LogP contribution in [0, 0.1) is 0 Å². The van der Waals surface area contributed by atoms with Crippen molar-refractivity contribution in [2.45, 2.75) is 328 Å². The van der Waals surface area contributed by atoms with Crippen molar-refractivity contribution in [1.29, 1.82) is 0 Å². The normalized spacial score (nSPS) is 12.6. The lowest BCUT2D eigenvalue weighted by molar-refractivity contribution is -0.143. The molecule has 0 aromatic carbocycles. The van der Waals surface area contributed by atoms with Gasteiger partial charge in [0.05, 0.1) is 25.4 Å². The topological polar surface area (TPSA) is 95.9 Å². The van der Waals surface area contributed by atoms with E-state index in [1.165, 1.54) is 244 Å². The number of ether oxygens (including phenoxy) is 1. The second-order valence-corrected chi connectivity index (χ2v) is 19.6. The number of unbranched alkanes of at least 4 members (excludes halogenated alkanes) is 42. The van der Waals surface area contributed by atoms with Crippen molar-refractivity contribution >= 4 is 11.9 Å². The fraction of sp³-hybridized carbons (Fsp3) is 0.930. The molecular weight excluding hydrogens is 779 g/mol. The van der Waals surface area contributed by atoms with E-state index >= 15 is 0 Å². The fourth-order valence-electron chi connectivity index (χ4n) is 8.93. The Morgan fingerprint density at radius 2 is 0.730 bits per heavy atom. The molecule has 6 heteroatoms. The largest absolute Gasteiger partial charge is 0.466 e. The van der Waals surface area contributed by atoms with Crippen molar-refractivity contribution in [3.05, 3.63) is 12.2 Å². The Morgan fingerprint density at radius 3 is 1.08 bits per heavy atom. The van der Waals surface area contributed by atoms with Crippen LogP contribution < -0.4 is 5.32 Å². The summed E-state index contributed by atoms with van der Waals surface area (Å²) in [5.74, 6) is -0.0681. The van der Waals surface area contributed by atoms with Gasteiger partial charge in [0, 0.05) is 12.8 Å². The summed E-state index contributed by atoms with van der Waals surface area (Å²) in [4.78, 5) is 24.5. The molecule has 0 aliphatic heterocycles. The van der Waals surface area contributed by atoms with E-state index in [1.807, 2.05) is 6.08 Å². The van der Waals surface area contributed by atoms with E-state index in [0.717, 1.165) is 44.9 Å². The highest BCUT2D eigenvalue weighted by Crippen LogP contribution is 2.17. The first-order chi connectivity index (χ1) is 31.0. The summed E-state index contributed by atoms with van der Waals surface area (Å²) in [5, 5.41) is 23.1. The maximum atomic E-state index is 12.5. The number of amides is 1. The zero-order valence-electron chi connectivity index (χ0n) is 42.6. The van der Waals surface area contributed by atoms with Crippen molar-refractivity contribution in [3.8, 4) is 0 Å². The van der Waals surface area contributed by atoms with Crippen LogP contribution in [-0.4, -0.2) is 47.4 Å². The molecule has 0 saturated carbocycles. The number of carbonyl (C=O) groups excluding carboxylic acids is 2. The van der Waals surface area contributed by atoms with Gasteiger partial charge in [0.15, 0.2) is 0 Å². The summed E-state index contributed by atoms with van der Waals surface area (Å²) < 4.78 is 5.47. The minimum Gasteiger partial charge on any atom is -0.466 e. The van der Waals surface area contributed by atoms with Gasteiger partial charge in [0.1, 0.15) is 0 Å². The number of hydrogen-bond acceptors (Lipinski definition) is 5. The molecule has 0 rings (SSSR count). The predicted molar refractivity (Wildman–Crippen MR) is 273 cm³/mol. The van der Waals surface area contributed by atoms with Gasteiger partial charge in [0.25, 0.3) is 0 Å². The number of aliphatic hydroxyl groups is 2. The quantitative estimate of drug-likeness (QED) is 0.0321. The second-order valence-electron chi connectivity index (χ2n) is 19.6. The average molecular weight is 891 g/mol. The Bertz CT molecular complexity index is 939. The van der Waals surface area contributed by atoms with Gasteiger partial charge in [-0.1, -0.05) is 283 Å². The van der Waals surface area contributed by atoms with Crippen LogP contribution in [0.25, 0.3) is 0 Å². The van der Waals surface area contributed by atoms with E-state index in [4.69, 9.17) is 4.74 Å². The van der Waals surface area contributed by atoms with Crippen LogP contribution in [0.15, 0.2) is 12.2 Å². The third-order valence-corrected chi connectivity index (χ3v) is 13.3. The van der Waals surface area contributed by atoms with E-state index in [0.29, 0.717) is 19.4 Å². The minimum absolute atomic E-state index is 0.00418. The molecule has 63 heavy (non-hydrogen) atoms. The van der Waals surface area contributed by atoms with Crippen molar-refractivity contribution in [3.63, 3.8) is 0 Å². The lowest BCUT2D eigenvalue weighted by atomic mass is 10.0. The molecule has 374 valence electrons. The summed E-state index contributed by atoms with van der Waals surface area (Å²) in [7, 11) is 0. The lowest BCUT2D eigenvalue weighted by Crippen LogP contribution is -2.45. The van der Waals surface area contributed by atoms with Gasteiger partial charge in [-0.2, -0.15) is 0 Å². The summed E-state index contributed by atoms with van der Waals surface area (Å²) in [5.41, 5.74) is 0. The SMILES string of the molecule is CCCCCCCCCCCCCCCCC/C=C/C(O)C(CO)NC(=O)CCCCCCCCCCCCCCCCCCOC(=O)CCCCCCCCCCCCCCC. The standard InChI is InChI=1S/C57H111NO5/c1-3-5-7-9-11-13-15-17-18-19-22-26-29-33-37-41-45-49-55(60)54(53-59)58-56(61)50-46-42-38-34-30-27-23-20-21-24-28-32-36-40-44-48-52-63-57(62)51-47-43-39-35-31-25-16-14-12-10-8-6-4-2/h45,49,54-55,59-60H,3-44,46-48,50-53H2,1-2H3,(H,58,61)/b49-45+. The Morgan fingerprint density at radius 1 is 0.429 bits per heavy atom. The average Bonchev–Trinajstić information content (AvgIpc) is 3.28. The molecule has 0 saturated heterocycles. The van der Waals surface area contributed by atoms with Gasteiger partial charge in [-0.05, 0) is 32.1 Å². The number of esters is 1. The molecule has 0 aromatic rings. The van der Waals surface area contributed by atoms with Gasteiger partial charge in [0.2, 0.25) is 5.91 Å². The maximum Gasteiger partial charge on any atom is 0.305 e. The minimum atomic E-state index is -0.848. The first kappa shape index (κ1) is 61.6. The van der Waals surface area contributed by atoms with E-state index < -0.39 is 12.1 Å². The molecule has 3 N–H and O–H groups in total. The highest BCUT2D eigenvalue weighted by Gasteiger charge is 2.18. The molecule has 2 unspecified atom stereocenters. The molecule has 6 nitrogen and oxygen atoms in total. The van der Waals surface area contributed by atoms with Gasteiger partial charge in [-0.3, -0.25) is 9.59 Å². The van der Waals surface area contributed by atoms with E-state index in [9.17, 15) is 19.8 Å². The van der Waals surface area contributed by atoms with Crippen LogP contribution >= 0.6 is 0 Å². The molecule has 1 amide bonds. The predicted octanol–water partition coefficient (Wildman–Crippen LogP) is 17.3. The molecule has 0 aliphatic rings. The van der Waals surface area contributed by atoms with E-state index in [2.05, 4.69) is 19.2 Å². The number of rotatable bonds is 53. The van der Waals surface area contributed by atoms with E-state index in [1.54, 1.807) is 6.08 Å². The number of hydrogen-bond donors (Lipinski definition) is 3. The zero-order valence-corrected chi connectivity index (χ0v) is 42.6. The Labute approximate surface area is 393 Å². The second kappa shape index (κ2) is 53.2. The molecule has 0 aromatic heterocycles. The highest BCUT2D eigenvalue weighted by molar-refractivity contribution is 5.76. The third kappa shape index (κ3) is 49.9. The smallest absolute Gasteiger partial charge is 0.305 e. The van der Waals surface area contributed by atoms with Crippen molar-refractivity contribution in [2.24, 2.45) is 0 Å². The van der Waals surface area contributed by atoms with Gasteiger partial charge in [-0.25, -0.2) is 0 Å². The van der Waals surface area contributed by atoms with Crippen LogP contribution in [0.5, 0.6) is 0 Å². The molecule has 0 fully saturated rings. The molecule has 0 bridgehead atoms. The first-order valence-corrected chi connectivity index (χ1v) is 28.5. The van der Waals surface area contributed by atoms with Gasteiger partial charge >= 0.3 is 5.97 Å². The Kier molecular flexibility index (Phi) is 52.0. The summed E-state index contributed by atoms with van der Waals surface area (Å²) in [6, 6.07) is -0.632. The highest BCUT2D eigenvalue weighted by atomic mass is 16.5. The van der Waals surface area contributed by atoms with Gasteiger partial charge < -0.3 is 20.3 Å². The Hall–Kier alpha value is -1.40. The van der Waals surface area contributed by atoms with Crippen LogP contribution in [0.1, 0.15) is 316 Å². The van der Waals surface area contributed by atoms with Gasteiger partial charge in [-0.15, -0.1) is 0 Å². The lowest BCUT2D eigenvalue weighted by Gasteiger charge is -2.20. The van der Waals surface area contributed by atoms with Crippen LogP contribution in [0.4, 0.5) is 0 Å². The first-order valence-electron chi connectivity index (χ1n) is 28.5. The van der Waals surface area contributed by atoms with Crippen molar-refractivity contribution < 1.29 is 24.5 Å². The number of carbonyl (C=O) groups is 2. The summed E-state index contributed by atoms with van der Waals surface area (Å²) in [6.07, 6.45) is 62.2. The fourth-order valence-corrected chi connectivity index (χ4v) is 8.93. The molecule has 0 heterocycles. The number of nitrogens with one attached hydrogen (secondary N) is 1. The number of aliphatic hydroxyl groups excluding tert-OH is 2. The van der Waals surface area contributed by atoms with Crippen LogP contribution in [-0.2, 0) is 14.3 Å². The molecule has 0 radical (unpaired) electrons. The van der Waals surface area contributed by atoms with Crippen molar-refractivity contribution in [2.75, 3.05) is 13.2 Å². The number of allylic oxidation sites excluding steroid dienone is 1. The zero-order chi connectivity index (χ0) is 45.8. The molecular formula is C57H111NO5. The third-order valence-electron chi connectivity index (χ3n) is 13.3. The molecule has 0 spiro atoms. The maximum absolute atomic E-state index is 12.5. The molecule has 0 aliphatic carbocycles. The molecule has 2 atom stereocenters. The summed E-state index contributed by atoms with van der Waals surface area (Å²) >= 11 is 0. The van der Waals surface area contributed by atoms with Crippen LogP contribution in [0.3, 0.4) is 0 Å². The van der Waals surface area contributed by atoms with Crippen molar-refractivity contribution in [1.82, 2.24) is 5.32 Å². The monoisotopic (exact) mass is 890 g/mol.